The van der Waals surface area contributed by atoms with Crippen LogP contribution in [0.15, 0.2) is 35.5 Å². The fourth-order valence-corrected chi connectivity index (χ4v) is 2.95. The Hall–Kier alpha value is -2.45. The van der Waals surface area contributed by atoms with E-state index in [1.807, 2.05) is 25.1 Å². The van der Waals surface area contributed by atoms with Crippen molar-refractivity contribution in [1.82, 2.24) is 10.2 Å². The van der Waals surface area contributed by atoms with Crippen molar-refractivity contribution >= 4 is 34.9 Å². The van der Waals surface area contributed by atoms with Gasteiger partial charge in [-0.25, -0.2) is 4.79 Å². The lowest BCUT2D eigenvalue weighted by Crippen LogP contribution is -2.46. The molecular weight excluding hydrogens is 366 g/mol. The maximum atomic E-state index is 12.7. The van der Waals surface area contributed by atoms with Gasteiger partial charge in [0.1, 0.15) is 6.61 Å². The summed E-state index contributed by atoms with van der Waals surface area (Å²) in [5.41, 5.74) is 2.66. The molecular formula is C19H25N3O4S. The van der Waals surface area contributed by atoms with Crippen LogP contribution in [0.5, 0.6) is 0 Å². The molecule has 0 unspecified atom stereocenters. The Morgan fingerprint density at radius 1 is 1.33 bits per heavy atom. The molecule has 2 N–H and O–H groups in total. The smallest absolute Gasteiger partial charge is 0.338 e. The molecule has 1 aromatic rings. The quantitative estimate of drug-likeness (QED) is 0.420. The Morgan fingerprint density at radius 2 is 2.07 bits per heavy atom. The lowest BCUT2D eigenvalue weighted by Gasteiger charge is -2.35. The molecule has 1 atom stereocenters. The van der Waals surface area contributed by atoms with Gasteiger partial charge < -0.3 is 25.0 Å². The number of allylic oxidation sites excluding steroid dienone is 1. The zero-order chi connectivity index (χ0) is 20.0. The molecule has 1 heterocycles. The molecule has 0 aromatic heterocycles. The monoisotopic (exact) mass is 391 g/mol. The van der Waals surface area contributed by atoms with E-state index in [0.29, 0.717) is 35.1 Å². The highest BCUT2D eigenvalue weighted by molar-refractivity contribution is 7.80. The number of amides is 1. The molecule has 27 heavy (non-hydrogen) atoms. The number of esters is 1. The number of nitrogens with one attached hydrogen (secondary N) is 2. The van der Waals surface area contributed by atoms with E-state index in [4.69, 9.17) is 21.7 Å². The molecule has 0 saturated carbocycles. The van der Waals surface area contributed by atoms with Crippen LogP contribution in [0.4, 0.5) is 5.69 Å². The summed E-state index contributed by atoms with van der Waals surface area (Å²) in [6.45, 7) is 4.11. The summed E-state index contributed by atoms with van der Waals surface area (Å²) in [7, 11) is 3.34. The van der Waals surface area contributed by atoms with Gasteiger partial charge in [0, 0.05) is 32.0 Å². The van der Waals surface area contributed by atoms with Gasteiger partial charge in [0.25, 0.3) is 0 Å². The van der Waals surface area contributed by atoms with Crippen LogP contribution >= 0.6 is 12.2 Å². The minimum absolute atomic E-state index is 0.0788. The van der Waals surface area contributed by atoms with E-state index < -0.39 is 12.0 Å². The summed E-state index contributed by atoms with van der Waals surface area (Å²) in [4.78, 5) is 26.1. The Balaban J connectivity index is 2.37. The first-order valence-electron chi connectivity index (χ1n) is 8.69. The molecule has 8 heteroatoms. The van der Waals surface area contributed by atoms with Gasteiger partial charge in [0.15, 0.2) is 5.11 Å². The van der Waals surface area contributed by atoms with E-state index in [0.717, 1.165) is 5.56 Å². The molecule has 146 valence electrons. The minimum Gasteiger partial charge on any atom is -0.460 e. The number of rotatable bonds is 7. The topological polar surface area (TPSA) is 79.9 Å². The SMILES string of the molecule is CCC(=O)Nc1cccc([C@H]2NC(=S)N(C)C(C)=C2C(=O)OCCOC)c1. The standard InChI is InChI=1S/C19H25N3O4S/c1-5-15(23)20-14-8-6-7-13(11-14)17-16(18(24)26-10-9-25-4)12(2)22(3)19(27)21-17/h6-8,11,17H,5,9-10H2,1-4H3,(H,20,23)(H,21,27)/t17-/m1/s1. The van der Waals surface area contributed by atoms with Crippen LogP contribution in [0, 0.1) is 0 Å². The number of ether oxygens (including phenoxy) is 2. The number of carbonyl (C=O) groups excluding carboxylic acids is 2. The highest BCUT2D eigenvalue weighted by Gasteiger charge is 2.33. The number of hydrogen-bond donors (Lipinski definition) is 2. The zero-order valence-corrected chi connectivity index (χ0v) is 16.8. The number of hydrogen-bond acceptors (Lipinski definition) is 5. The predicted octanol–water partition coefficient (Wildman–Crippen LogP) is 2.36. The first-order chi connectivity index (χ1) is 12.9. The van der Waals surface area contributed by atoms with Gasteiger partial charge in [0.05, 0.1) is 18.2 Å². The summed E-state index contributed by atoms with van der Waals surface area (Å²) in [5, 5.41) is 6.52. The molecule has 0 fully saturated rings. The van der Waals surface area contributed by atoms with Crippen LogP contribution in [0.1, 0.15) is 31.9 Å². The van der Waals surface area contributed by atoms with Gasteiger partial charge in [-0.3, -0.25) is 4.79 Å². The number of benzene rings is 1. The maximum Gasteiger partial charge on any atom is 0.338 e. The molecule has 0 bridgehead atoms. The summed E-state index contributed by atoms with van der Waals surface area (Å²) in [6, 6.07) is 6.87. The number of anilines is 1. The summed E-state index contributed by atoms with van der Waals surface area (Å²) in [5.74, 6) is -0.510. The largest absolute Gasteiger partial charge is 0.460 e. The normalized spacial score (nSPS) is 16.8. The van der Waals surface area contributed by atoms with Crippen molar-refractivity contribution in [3.63, 3.8) is 0 Å². The van der Waals surface area contributed by atoms with Gasteiger partial charge in [-0.2, -0.15) is 0 Å². The van der Waals surface area contributed by atoms with E-state index in [2.05, 4.69) is 10.6 Å². The van der Waals surface area contributed by atoms with Crippen molar-refractivity contribution in [1.29, 1.82) is 0 Å². The highest BCUT2D eigenvalue weighted by Crippen LogP contribution is 2.31. The fourth-order valence-electron chi connectivity index (χ4n) is 2.69. The minimum atomic E-state index is -0.470. The molecule has 1 aliphatic heterocycles. The first-order valence-corrected chi connectivity index (χ1v) is 9.10. The third-order valence-electron chi connectivity index (χ3n) is 4.32. The average molecular weight is 391 g/mol. The highest BCUT2D eigenvalue weighted by atomic mass is 32.1. The van der Waals surface area contributed by atoms with Gasteiger partial charge in [0.2, 0.25) is 5.91 Å². The molecule has 0 aliphatic carbocycles. The van der Waals surface area contributed by atoms with Gasteiger partial charge in [-0.05, 0) is 36.8 Å². The van der Waals surface area contributed by atoms with Crippen LogP contribution < -0.4 is 10.6 Å². The zero-order valence-electron chi connectivity index (χ0n) is 16.0. The Kier molecular flexibility index (Phi) is 7.32. The van der Waals surface area contributed by atoms with Crippen LogP contribution in [0.25, 0.3) is 0 Å². The molecule has 0 spiro atoms. The summed E-state index contributed by atoms with van der Waals surface area (Å²) >= 11 is 5.39. The van der Waals surface area contributed by atoms with Crippen molar-refractivity contribution in [2.75, 3.05) is 32.7 Å². The molecule has 1 aromatic carbocycles. The van der Waals surface area contributed by atoms with Crippen molar-refractivity contribution < 1.29 is 19.1 Å². The molecule has 1 aliphatic rings. The van der Waals surface area contributed by atoms with Gasteiger partial charge in [-0.1, -0.05) is 19.1 Å². The second kappa shape index (κ2) is 9.48. The number of methoxy groups -OCH3 is 1. The van der Waals surface area contributed by atoms with E-state index in [1.54, 1.807) is 32.0 Å². The van der Waals surface area contributed by atoms with Crippen molar-refractivity contribution in [2.45, 2.75) is 26.3 Å². The van der Waals surface area contributed by atoms with Gasteiger partial charge in [-0.15, -0.1) is 0 Å². The average Bonchev–Trinajstić information content (AvgIpc) is 2.66. The summed E-state index contributed by atoms with van der Waals surface area (Å²) in [6.07, 6.45) is 0.386. The Labute approximate surface area is 164 Å². The van der Waals surface area contributed by atoms with Crippen LogP contribution in [0.2, 0.25) is 0 Å². The number of carbonyl (C=O) groups is 2. The second-order valence-electron chi connectivity index (χ2n) is 6.10. The Morgan fingerprint density at radius 3 is 2.74 bits per heavy atom. The fraction of sp³-hybridized carbons (Fsp3) is 0.421. The lowest BCUT2D eigenvalue weighted by atomic mass is 9.95. The van der Waals surface area contributed by atoms with Crippen LogP contribution in [0.3, 0.4) is 0 Å². The molecule has 2 rings (SSSR count). The van der Waals surface area contributed by atoms with Crippen molar-refractivity contribution in [3.8, 4) is 0 Å². The molecule has 1 amide bonds. The van der Waals surface area contributed by atoms with Crippen LogP contribution in [-0.4, -0.2) is 49.3 Å². The molecule has 0 saturated heterocycles. The second-order valence-corrected chi connectivity index (χ2v) is 6.48. The third kappa shape index (κ3) is 5.05. The van der Waals surface area contributed by atoms with E-state index >= 15 is 0 Å². The van der Waals surface area contributed by atoms with Crippen molar-refractivity contribution in [2.24, 2.45) is 0 Å². The number of nitrogens with zero attached hydrogens (tertiary/aromatic N) is 1. The predicted molar refractivity (Wildman–Crippen MR) is 107 cm³/mol. The lowest BCUT2D eigenvalue weighted by molar-refractivity contribution is -0.140. The van der Waals surface area contributed by atoms with Crippen molar-refractivity contribution in [3.05, 3.63) is 41.1 Å². The Bertz CT molecular complexity index is 763. The van der Waals surface area contributed by atoms with E-state index in [-0.39, 0.29) is 12.5 Å². The van der Waals surface area contributed by atoms with Gasteiger partial charge >= 0.3 is 5.97 Å². The van der Waals surface area contributed by atoms with Crippen LogP contribution in [-0.2, 0) is 19.1 Å². The number of thiocarbonyl (C=S) groups is 1. The molecule has 7 nitrogen and oxygen atoms in total. The third-order valence-corrected chi connectivity index (χ3v) is 4.71. The first kappa shape index (κ1) is 20.9. The summed E-state index contributed by atoms with van der Waals surface area (Å²) < 4.78 is 10.3. The van der Waals surface area contributed by atoms with E-state index in [9.17, 15) is 9.59 Å². The maximum absolute atomic E-state index is 12.7. The molecule has 0 radical (unpaired) electrons. The van der Waals surface area contributed by atoms with E-state index in [1.165, 1.54) is 0 Å².